The van der Waals surface area contributed by atoms with Crippen LogP contribution in [0.5, 0.6) is 0 Å². The van der Waals surface area contributed by atoms with Gasteiger partial charge in [0.15, 0.2) is 5.78 Å². The molecule has 3 atom stereocenters. The molecule has 0 spiro atoms. The minimum atomic E-state index is -1.18. The van der Waals surface area contributed by atoms with Crippen molar-refractivity contribution in [1.82, 2.24) is 20.5 Å². The van der Waals surface area contributed by atoms with Crippen LogP contribution in [0, 0.1) is 5.92 Å². The van der Waals surface area contributed by atoms with Crippen LogP contribution in [0.25, 0.3) is 6.08 Å². The zero-order chi connectivity index (χ0) is 33.3. The number of aromatic nitrogens is 1. The van der Waals surface area contributed by atoms with E-state index >= 15 is 0 Å². The van der Waals surface area contributed by atoms with Crippen LogP contribution in [0.4, 0.5) is 4.79 Å². The van der Waals surface area contributed by atoms with E-state index in [4.69, 9.17) is 5.73 Å². The predicted octanol–water partition coefficient (Wildman–Crippen LogP) is 4.32. The van der Waals surface area contributed by atoms with Gasteiger partial charge in [-0.1, -0.05) is 42.5 Å². The van der Waals surface area contributed by atoms with Crippen molar-refractivity contribution in [2.75, 3.05) is 5.75 Å². The highest BCUT2D eigenvalue weighted by Crippen LogP contribution is 2.27. The highest BCUT2D eigenvalue weighted by Gasteiger charge is 2.31. The number of nitrogens with zero attached hydrogens (tertiary/aromatic N) is 2. The Morgan fingerprint density at radius 2 is 1.76 bits per heavy atom. The smallest absolute Gasteiger partial charge is 0.322 e. The van der Waals surface area contributed by atoms with Gasteiger partial charge in [0.05, 0.1) is 25.1 Å². The molecule has 11 heteroatoms. The molecule has 0 unspecified atom stereocenters. The van der Waals surface area contributed by atoms with Crippen LogP contribution < -0.4 is 16.4 Å². The summed E-state index contributed by atoms with van der Waals surface area (Å²) in [6, 6.07) is 16.7. The second kappa shape index (κ2) is 15.7. The molecule has 0 bridgehead atoms. The molecule has 0 fully saturated rings. The first-order chi connectivity index (χ1) is 21.9. The lowest BCUT2D eigenvalue weighted by Gasteiger charge is -2.28. The molecule has 0 radical (unpaired) electrons. The SMILES string of the molecule is CC(C)(C)NC(=O)c1ccccc1C[C@@H](O)[C@H](CSc1cccnc1)CC(=O)[C@H](CC(N)=O)NC(=O)N1C=Cc2ccccc2C1. The zero-order valence-corrected chi connectivity index (χ0v) is 27.1. The Hall–Kier alpha value is -4.48. The van der Waals surface area contributed by atoms with Gasteiger partial charge >= 0.3 is 6.03 Å². The molecule has 4 amide bonds. The van der Waals surface area contributed by atoms with E-state index in [0.717, 1.165) is 16.0 Å². The van der Waals surface area contributed by atoms with Crippen LogP contribution in [0.1, 0.15) is 60.7 Å². The van der Waals surface area contributed by atoms with E-state index in [0.29, 0.717) is 23.4 Å². The van der Waals surface area contributed by atoms with Crippen molar-refractivity contribution in [3.8, 4) is 0 Å². The fourth-order valence-corrected chi connectivity index (χ4v) is 6.18. The van der Waals surface area contributed by atoms with E-state index < -0.39 is 41.3 Å². The zero-order valence-electron chi connectivity index (χ0n) is 26.3. The van der Waals surface area contributed by atoms with Gasteiger partial charge < -0.3 is 21.5 Å². The lowest BCUT2D eigenvalue weighted by atomic mass is 9.89. The maximum Gasteiger partial charge on any atom is 0.322 e. The van der Waals surface area contributed by atoms with Gasteiger partial charge in [0.25, 0.3) is 5.91 Å². The monoisotopic (exact) mass is 643 g/mol. The standard InChI is InChI=1S/C35H41N5O5S/c1-35(2,3)39-33(44)28-13-7-6-10-24(28)17-30(41)26(22-46-27-12-8-15-37-20-27)18-31(42)29(19-32(36)43)38-34(45)40-16-14-23-9-4-5-11-25(23)21-40/h4-16,20,26,29-30,41H,17-19,21-22H2,1-3H3,(H2,36,43)(H,38,45)(H,39,44)/t26-,29-,30+/m0/s1. The van der Waals surface area contributed by atoms with E-state index in [2.05, 4.69) is 15.6 Å². The van der Waals surface area contributed by atoms with Crippen LogP contribution in [0.15, 0.2) is 84.2 Å². The number of aliphatic hydroxyl groups excluding tert-OH is 1. The summed E-state index contributed by atoms with van der Waals surface area (Å²) < 4.78 is 0. The van der Waals surface area contributed by atoms with Gasteiger partial charge in [0, 0.05) is 52.7 Å². The number of benzene rings is 2. The number of carbonyl (C=O) groups excluding carboxylic acids is 4. The minimum absolute atomic E-state index is 0.115. The molecule has 10 nitrogen and oxygen atoms in total. The Morgan fingerprint density at radius 1 is 1.02 bits per heavy atom. The van der Waals surface area contributed by atoms with Crippen molar-refractivity contribution in [2.24, 2.45) is 11.7 Å². The first-order valence-electron chi connectivity index (χ1n) is 15.1. The van der Waals surface area contributed by atoms with Gasteiger partial charge in [-0.2, -0.15) is 0 Å². The predicted molar refractivity (Wildman–Crippen MR) is 179 cm³/mol. The fourth-order valence-electron chi connectivity index (χ4n) is 5.13. The largest absolute Gasteiger partial charge is 0.392 e. The van der Waals surface area contributed by atoms with E-state index in [9.17, 15) is 24.3 Å². The third kappa shape index (κ3) is 10.0. The number of aliphatic hydroxyl groups is 1. The summed E-state index contributed by atoms with van der Waals surface area (Å²) in [6.07, 6.45) is 5.37. The average molecular weight is 644 g/mol. The number of urea groups is 1. The first-order valence-corrected chi connectivity index (χ1v) is 16.1. The third-order valence-electron chi connectivity index (χ3n) is 7.47. The molecule has 0 saturated carbocycles. The second-order valence-electron chi connectivity index (χ2n) is 12.4. The molecule has 5 N–H and O–H groups in total. The van der Waals surface area contributed by atoms with Crippen LogP contribution in [0.2, 0.25) is 0 Å². The molecule has 0 aliphatic carbocycles. The van der Waals surface area contributed by atoms with Crippen molar-refractivity contribution in [3.63, 3.8) is 0 Å². The van der Waals surface area contributed by atoms with E-state index in [1.165, 1.54) is 16.7 Å². The Balaban J connectivity index is 1.52. The molecule has 1 aliphatic heterocycles. The maximum absolute atomic E-state index is 13.8. The molecular weight excluding hydrogens is 602 g/mol. The summed E-state index contributed by atoms with van der Waals surface area (Å²) in [5, 5.41) is 17.2. The number of ketones is 1. The molecule has 242 valence electrons. The molecular formula is C35H41N5O5S. The van der Waals surface area contributed by atoms with E-state index in [1.807, 2.05) is 57.2 Å². The molecule has 1 aromatic heterocycles. The van der Waals surface area contributed by atoms with Gasteiger partial charge in [0.1, 0.15) is 0 Å². The van der Waals surface area contributed by atoms with Gasteiger partial charge in [-0.3, -0.25) is 24.3 Å². The number of nitrogens with two attached hydrogens (primary N) is 1. The average Bonchev–Trinajstić information content (AvgIpc) is 3.02. The molecule has 3 aromatic rings. The molecule has 2 aromatic carbocycles. The number of carbonyl (C=O) groups is 4. The fraction of sp³-hybridized carbons (Fsp3) is 0.343. The number of Topliss-reactive ketones (excluding diaryl/α,β-unsaturated/α-hetero) is 1. The number of pyridine rings is 1. The normalized spacial score (nSPS) is 14.5. The Kier molecular flexibility index (Phi) is 11.7. The summed E-state index contributed by atoms with van der Waals surface area (Å²) in [5.41, 5.74) is 8.07. The van der Waals surface area contributed by atoms with Crippen LogP contribution in [0.3, 0.4) is 0 Å². The third-order valence-corrected chi connectivity index (χ3v) is 8.64. The minimum Gasteiger partial charge on any atom is -0.392 e. The lowest BCUT2D eigenvalue weighted by Crippen LogP contribution is -2.48. The highest BCUT2D eigenvalue weighted by atomic mass is 32.2. The summed E-state index contributed by atoms with van der Waals surface area (Å²) in [7, 11) is 0. The molecule has 4 rings (SSSR count). The lowest BCUT2D eigenvalue weighted by molar-refractivity contribution is -0.126. The van der Waals surface area contributed by atoms with E-state index in [1.54, 1.807) is 48.9 Å². The number of thioether (sulfide) groups is 1. The number of amides is 4. The number of hydrogen-bond donors (Lipinski definition) is 4. The van der Waals surface area contributed by atoms with Crippen molar-refractivity contribution in [1.29, 1.82) is 0 Å². The quantitative estimate of drug-likeness (QED) is 0.202. The van der Waals surface area contributed by atoms with Crippen LogP contribution in [-0.2, 0) is 22.6 Å². The summed E-state index contributed by atoms with van der Waals surface area (Å²) >= 11 is 1.43. The molecule has 1 aliphatic rings. The Bertz CT molecular complexity index is 1570. The number of nitrogens with one attached hydrogen (secondary N) is 2. The number of hydrogen-bond acceptors (Lipinski definition) is 7. The number of rotatable bonds is 13. The second-order valence-corrected chi connectivity index (χ2v) is 13.5. The van der Waals surface area contributed by atoms with Gasteiger partial charge in [-0.25, -0.2) is 4.79 Å². The van der Waals surface area contributed by atoms with E-state index in [-0.39, 0.29) is 25.2 Å². The molecule has 0 saturated heterocycles. The van der Waals surface area contributed by atoms with Gasteiger partial charge in [-0.15, -0.1) is 11.8 Å². The summed E-state index contributed by atoms with van der Waals surface area (Å²) in [5.74, 6) is -1.67. The highest BCUT2D eigenvalue weighted by molar-refractivity contribution is 7.99. The maximum atomic E-state index is 13.8. The molecule has 2 heterocycles. The first kappa shape index (κ1) is 34.4. The van der Waals surface area contributed by atoms with Crippen LogP contribution in [-0.4, -0.2) is 62.1 Å². The van der Waals surface area contributed by atoms with Crippen LogP contribution >= 0.6 is 11.8 Å². The van der Waals surface area contributed by atoms with Gasteiger partial charge in [0.2, 0.25) is 5.91 Å². The Morgan fingerprint density at radius 3 is 2.48 bits per heavy atom. The van der Waals surface area contributed by atoms with Crippen molar-refractivity contribution < 1.29 is 24.3 Å². The van der Waals surface area contributed by atoms with Gasteiger partial charge in [-0.05, 0) is 68.2 Å². The number of primary amides is 1. The Labute approximate surface area is 273 Å². The molecule has 46 heavy (non-hydrogen) atoms. The number of fused-ring (bicyclic) bond motifs is 1. The topological polar surface area (TPSA) is 155 Å². The summed E-state index contributed by atoms with van der Waals surface area (Å²) in [6.45, 7) is 5.98. The van der Waals surface area contributed by atoms with Crippen molar-refractivity contribution >= 4 is 41.5 Å². The van der Waals surface area contributed by atoms with Crippen molar-refractivity contribution in [3.05, 3.63) is 102 Å². The summed E-state index contributed by atoms with van der Waals surface area (Å²) in [4.78, 5) is 58.5. The van der Waals surface area contributed by atoms with Crippen molar-refractivity contribution in [2.45, 2.75) is 69.2 Å².